The zero-order valence-corrected chi connectivity index (χ0v) is 12.1. The maximum Gasteiger partial charge on any atom is 0.252 e. The van der Waals surface area contributed by atoms with E-state index >= 15 is 0 Å². The van der Waals surface area contributed by atoms with Crippen molar-refractivity contribution in [2.45, 2.75) is 19.3 Å². The Morgan fingerprint density at radius 3 is 2.74 bits per heavy atom. The number of benzene rings is 1. The minimum atomic E-state index is -0.0708. The molecule has 1 saturated heterocycles. The van der Waals surface area contributed by atoms with E-state index < -0.39 is 0 Å². The van der Waals surface area contributed by atoms with Crippen molar-refractivity contribution in [3.8, 4) is 0 Å². The highest BCUT2D eigenvalue weighted by atomic mass is 35.5. The summed E-state index contributed by atoms with van der Waals surface area (Å²) in [7, 11) is 2.16. The molecule has 1 heterocycles. The van der Waals surface area contributed by atoms with Gasteiger partial charge in [0.05, 0.1) is 10.6 Å². The molecule has 1 aromatic carbocycles. The van der Waals surface area contributed by atoms with Gasteiger partial charge in [0.2, 0.25) is 0 Å². The van der Waals surface area contributed by atoms with Gasteiger partial charge < -0.3 is 10.2 Å². The number of halogens is 1. The van der Waals surface area contributed by atoms with Gasteiger partial charge in [-0.1, -0.05) is 23.7 Å². The van der Waals surface area contributed by atoms with Gasteiger partial charge in [-0.3, -0.25) is 4.79 Å². The molecule has 0 atom stereocenters. The Hall–Kier alpha value is -1.06. The van der Waals surface area contributed by atoms with E-state index in [0.29, 0.717) is 10.6 Å². The standard InChI is InChI=1S/C15H21ClN2O/c1-18-10-7-12(8-11-18)6-9-17-15(19)13-4-2-3-5-14(13)16/h2-5,12H,6-11H2,1H3,(H,17,19). The molecule has 1 amide bonds. The van der Waals surface area contributed by atoms with Crippen LogP contribution in [0.3, 0.4) is 0 Å². The highest BCUT2D eigenvalue weighted by Gasteiger charge is 2.16. The van der Waals surface area contributed by atoms with Crippen molar-refractivity contribution in [3.63, 3.8) is 0 Å². The van der Waals surface area contributed by atoms with Crippen LogP contribution in [-0.2, 0) is 0 Å². The average molecular weight is 281 g/mol. The Bertz CT molecular complexity index is 428. The van der Waals surface area contributed by atoms with Crippen molar-refractivity contribution < 1.29 is 4.79 Å². The van der Waals surface area contributed by atoms with Gasteiger partial charge in [0.1, 0.15) is 0 Å². The average Bonchev–Trinajstić information content (AvgIpc) is 2.41. The number of hydrogen-bond acceptors (Lipinski definition) is 2. The van der Waals surface area contributed by atoms with E-state index in [1.807, 2.05) is 12.1 Å². The lowest BCUT2D eigenvalue weighted by Crippen LogP contribution is -2.32. The second-order valence-electron chi connectivity index (χ2n) is 5.27. The normalized spacial score (nSPS) is 17.4. The molecule has 1 aliphatic heterocycles. The number of rotatable bonds is 4. The van der Waals surface area contributed by atoms with E-state index in [1.165, 1.54) is 25.9 Å². The molecule has 1 aromatic rings. The lowest BCUT2D eigenvalue weighted by atomic mass is 9.94. The largest absolute Gasteiger partial charge is 0.352 e. The Labute approximate surface area is 119 Å². The molecule has 0 radical (unpaired) electrons. The van der Waals surface area contributed by atoms with Crippen LogP contribution >= 0.6 is 11.6 Å². The summed E-state index contributed by atoms with van der Waals surface area (Å²) in [5.41, 5.74) is 0.563. The number of amides is 1. The van der Waals surface area contributed by atoms with Crippen molar-refractivity contribution in [1.82, 2.24) is 10.2 Å². The summed E-state index contributed by atoms with van der Waals surface area (Å²) in [6.45, 7) is 3.07. The fourth-order valence-electron chi connectivity index (χ4n) is 2.48. The molecule has 0 unspecified atom stereocenters. The number of likely N-dealkylation sites (tertiary alicyclic amines) is 1. The summed E-state index contributed by atoms with van der Waals surface area (Å²) in [6.07, 6.45) is 3.53. The van der Waals surface area contributed by atoms with Crippen LogP contribution in [0.5, 0.6) is 0 Å². The molecule has 104 valence electrons. The summed E-state index contributed by atoms with van der Waals surface area (Å²) in [4.78, 5) is 14.3. The summed E-state index contributed by atoms with van der Waals surface area (Å²) >= 11 is 6.00. The summed E-state index contributed by atoms with van der Waals surface area (Å²) in [5, 5.41) is 3.47. The fourth-order valence-corrected chi connectivity index (χ4v) is 2.70. The molecule has 19 heavy (non-hydrogen) atoms. The number of piperidine rings is 1. The molecule has 0 spiro atoms. The van der Waals surface area contributed by atoms with Crippen molar-refractivity contribution in [2.24, 2.45) is 5.92 Å². The van der Waals surface area contributed by atoms with E-state index in [2.05, 4.69) is 17.3 Å². The summed E-state index contributed by atoms with van der Waals surface area (Å²) < 4.78 is 0. The first-order valence-corrected chi connectivity index (χ1v) is 7.26. The monoisotopic (exact) mass is 280 g/mol. The number of nitrogens with zero attached hydrogens (tertiary/aromatic N) is 1. The predicted octanol–water partition coefficient (Wildman–Crippen LogP) is 2.80. The van der Waals surface area contributed by atoms with Gasteiger partial charge in [-0.2, -0.15) is 0 Å². The third kappa shape index (κ3) is 4.22. The maximum atomic E-state index is 12.0. The van der Waals surface area contributed by atoms with Gasteiger partial charge in [-0.15, -0.1) is 0 Å². The van der Waals surface area contributed by atoms with Crippen LogP contribution in [0.2, 0.25) is 5.02 Å². The minimum absolute atomic E-state index is 0.0708. The molecule has 0 saturated carbocycles. The van der Waals surface area contributed by atoms with Crippen LogP contribution in [0, 0.1) is 5.92 Å². The van der Waals surface area contributed by atoms with E-state index in [0.717, 1.165) is 18.9 Å². The van der Waals surface area contributed by atoms with Gasteiger partial charge in [0.15, 0.2) is 0 Å². The molecule has 2 rings (SSSR count). The molecular formula is C15H21ClN2O. The molecule has 1 aliphatic rings. The van der Waals surface area contributed by atoms with Gasteiger partial charge in [-0.05, 0) is 57.5 Å². The van der Waals surface area contributed by atoms with E-state index in [9.17, 15) is 4.79 Å². The van der Waals surface area contributed by atoms with Gasteiger partial charge in [0.25, 0.3) is 5.91 Å². The zero-order chi connectivity index (χ0) is 13.7. The first kappa shape index (κ1) is 14.4. The predicted molar refractivity (Wildman–Crippen MR) is 78.6 cm³/mol. The number of hydrogen-bond donors (Lipinski definition) is 1. The van der Waals surface area contributed by atoms with Crippen molar-refractivity contribution in [3.05, 3.63) is 34.9 Å². The van der Waals surface area contributed by atoms with Crippen LogP contribution < -0.4 is 5.32 Å². The highest BCUT2D eigenvalue weighted by Crippen LogP contribution is 2.19. The first-order valence-electron chi connectivity index (χ1n) is 6.88. The second kappa shape index (κ2) is 6.92. The molecule has 3 nitrogen and oxygen atoms in total. The van der Waals surface area contributed by atoms with Gasteiger partial charge in [-0.25, -0.2) is 0 Å². The van der Waals surface area contributed by atoms with E-state index in [-0.39, 0.29) is 5.91 Å². The lowest BCUT2D eigenvalue weighted by Gasteiger charge is -2.28. The quantitative estimate of drug-likeness (QED) is 0.920. The third-order valence-corrected chi connectivity index (χ3v) is 4.12. The second-order valence-corrected chi connectivity index (χ2v) is 5.68. The summed E-state index contributed by atoms with van der Waals surface area (Å²) in [6, 6.07) is 7.16. The van der Waals surface area contributed by atoms with Crippen LogP contribution in [0.1, 0.15) is 29.6 Å². The molecule has 4 heteroatoms. The third-order valence-electron chi connectivity index (χ3n) is 3.79. The van der Waals surface area contributed by atoms with E-state index in [4.69, 9.17) is 11.6 Å². The van der Waals surface area contributed by atoms with Crippen LogP contribution in [0.4, 0.5) is 0 Å². The lowest BCUT2D eigenvalue weighted by molar-refractivity contribution is 0.0949. The van der Waals surface area contributed by atoms with Crippen LogP contribution in [0.25, 0.3) is 0 Å². The Morgan fingerprint density at radius 1 is 1.37 bits per heavy atom. The Balaban J connectivity index is 1.74. The number of carbonyl (C=O) groups excluding carboxylic acids is 1. The zero-order valence-electron chi connectivity index (χ0n) is 11.4. The molecule has 1 N–H and O–H groups in total. The number of nitrogens with one attached hydrogen (secondary N) is 1. The van der Waals surface area contributed by atoms with Crippen molar-refractivity contribution >= 4 is 17.5 Å². The van der Waals surface area contributed by atoms with Crippen LogP contribution in [0.15, 0.2) is 24.3 Å². The first-order chi connectivity index (χ1) is 9.16. The SMILES string of the molecule is CN1CCC(CCNC(=O)c2ccccc2Cl)CC1. The van der Waals surface area contributed by atoms with Crippen molar-refractivity contribution in [1.29, 1.82) is 0 Å². The molecule has 1 fully saturated rings. The molecule has 0 bridgehead atoms. The van der Waals surface area contributed by atoms with Crippen molar-refractivity contribution in [2.75, 3.05) is 26.7 Å². The summed E-state index contributed by atoms with van der Waals surface area (Å²) in [5.74, 6) is 0.668. The minimum Gasteiger partial charge on any atom is -0.352 e. The van der Waals surface area contributed by atoms with E-state index in [1.54, 1.807) is 12.1 Å². The molecule has 0 aromatic heterocycles. The topological polar surface area (TPSA) is 32.3 Å². The smallest absolute Gasteiger partial charge is 0.252 e. The maximum absolute atomic E-state index is 12.0. The van der Waals surface area contributed by atoms with Gasteiger partial charge >= 0.3 is 0 Å². The Kier molecular flexibility index (Phi) is 5.23. The highest BCUT2D eigenvalue weighted by molar-refractivity contribution is 6.33. The molecule has 0 aliphatic carbocycles. The molecular weight excluding hydrogens is 260 g/mol. The Morgan fingerprint density at radius 2 is 2.05 bits per heavy atom. The number of carbonyl (C=O) groups is 1. The van der Waals surface area contributed by atoms with Crippen LogP contribution in [-0.4, -0.2) is 37.5 Å². The van der Waals surface area contributed by atoms with Gasteiger partial charge in [0, 0.05) is 6.54 Å². The fraction of sp³-hybridized carbons (Fsp3) is 0.533.